The van der Waals surface area contributed by atoms with Crippen LogP contribution in [0.25, 0.3) is 0 Å². The van der Waals surface area contributed by atoms with Crippen LogP contribution in [-0.2, 0) is 9.47 Å². The fourth-order valence-corrected chi connectivity index (χ4v) is 2.20. The number of carbonyl (C=O) groups is 1. The van der Waals surface area contributed by atoms with E-state index in [0.29, 0.717) is 25.3 Å². The Labute approximate surface area is 149 Å². The molecule has 0 radical (unpaired) electrons. The standard InChI is InChI=1S/C16H19N5O5/c1-25-9-5-8-17-14-13(21(23)24)15(19-10-18-14)20-12-7-4-3-6-11(12)16(22)26-2/h3-4,6-7,10H,5,8-9H2,1-2H3,(H2,17,18,19,20). The molecule has 1 aromatic carbocycles. The number of methoxy groups -OCH3 is 2. The van der Waals surface area contributed by atoms with E-state index in [-0.39, 0.29) is 22.9 Å². The number of hydrogen-bond donors (Lipinski definition) is 2. The highest BCUT2D eigenvalue weighted by molar-refractivity contribution is 5.96. The first-order chi connectivity index (χ1) is 12.6. The number of nitrogens with zero attached hydrogens (tertiary/aromatic N) is 3. The lowest BCUT2D eigenvalue weighted by atomic mass is 10.2. The van der Waals surface area contributed by atoms with Crippen LogP contribution in [0.5, 0.6) is 0 Å². The first-order valence-electron chi connectivity index (χ1n) is 7.75. The number of nitrogens with one attached hydrogen (secondary N) is 2. The summed E-state index contributed by atoms with van der Waals surface area (Å²) in [7, 11) is 2.84. The minimum atomic E-state index is -0.582. The first-order valence-corrected chi connectivity index (χ1v) is 7.75. The monoisotopic (exact) mass is 361 g/mol. The molecular weight excluding hydrogens is 342 g/mol. The van der Waals surface area contributed by atoms with Gasteiger partial charge in [-0.3, -0.25) is 10.1 Å². The Hall–Kier alpha value is -3.27. The summed E-state index contributed by atoms with van der Waals surface area (Å²) in [6, 6.07) is 6.50. The molecule has 0 aliphatic carbocycles. The van der Waals surface area contributed by atoms with Crippen molar-refractivity contribution in [3.05, 3.63) is 46.3 Å². The zero-order chi connectivity index (χ0) is 18.9. The van der Waals surface area contributed by atoms with Crippen LogP contribution in [0.15, 0.2) is 30.6 Å². The number of rotatable bonds is 9. The van der Waals surface area contributed by atoms with Crippen LogP contribution >= 0.6 is 0 Å². The largest absolute Gasteiger partial charge is 0.465 e. The SMILES string of the molecule is COCCCNc1ncnc(Nc2ccccc2C(=O)OC)c1[N+](=O)[O-]. The van der Waals surface area contributed by atoms with Crippen molar-refractivity contribution in [2.45, 2.75) is 6.42 Å². The van der Waals surface area contributed by atoms with Gasteiger partial charge in [0.25, 0.3) is 0 Å². The molecule has 0 amide bonds. The van der Waals surface area contributed by atoms with Crippen LogP contribution in [0.3, 0.4) is 0 Å². The average molecular weight is 361 g/mol. The van der Waals surface area contributed by atoms with Crippen LogP contribution in [0, 0.1) is 10.1 Å². The van der Waals surface area contributed by atoms with Crippen molar-refractivity contribution >= 4 is 29.0 Å². The van der Waals surface area contributed by atoms with E-state index < -0.39 is 10.9 Å². The molecule has 2 N–H and O–H groups in total. The highest BCUT2D eigenvalue weighted by Gasteiger charge is 2.24. The van der Waals surface area contributed by atoms with Crippen molar-refractivity contribution in [2.24, 2.45) is 0 Å². The molecule has 2 rings (SSSR count). The zero-order valence-corrected chi connectivity index (χ0v) is 14.4. The number of aromatic nitrogens is 2. The Bertz CT molecular complexity index is 783. The molecule has 0 fully saturated rings. The van der Waals surface area contributed by atoms with E-state index >= 15 is 0 Å². The van der Waals surface area contributed by atoms with Gasteiger partial charge in [0, 0.05) is 20.3 Å². The van der Waals surface area contributed by atoms with Crippen molar-refractivity contribution in [1.29, 1.82) is 0 Å². The topological polar surface area (TPSA) is 129 Å². The van der Waals surface area contributed by atoms with Crippen molar-refractivity contribution in [2.75, 3.05) is 38.0 Å². The molecule has 0 aliphatic rings. The van der Waals surface area contributed by atoms with E-state index in [9.17, 15) is 14.9 Å². The van der Waals surface area contributed by atoms with Crippen molar-refractivity contribution in [3.8, 4) is 0 Å². The number of hydrogen-bond acceptors (Lipinski definition) is 9. The second-order valence-corrected chi connectivity index (χ2v) is 5.11. The van der Waals surface area contributed by atoms with E-state index in [1.54, 1.807) is 31.4 Å². The van der Waals surface area contributed by atoms with Gasteiger partial charge in [0.15, 0.2) is 0 Å². The predicted molar refractivity (Wildman–Crippen MR) is 94.7 cm³/mol. The number of esters is 1. The molecule has 0 saturated carbocycles. The summed E-state index contributed by atoms with van der Waals surface area (Å²) < 4.78 is 9.67. The third kappa shape index (κ3) is 4.63. The molecular formula is C16H19N5O5. The summed E-state index contributed by atoms with van der Waals surface area (Å²) in [6.45, 7) is 0.966. The second kappa shape index (κ2) is 9.28. The quantitative estimate of drug-likeness (QED) is 0.299. The molecule has 10 heteroatoms. The molecule has 0 spiro atoms. The molecule has 0 unspecified atom stereocenters. The lowest BCUT2D eigenvalue weighted by Crippen LogP contribution is -2.11. The first kappa shape index (κ1) is 19.1. The lowest BCUT2D eigenvalue weighted by Gasteiger charge is -2.12. The number of nitro groups is 1. The Morgan fingerprint density at radius 1 is 1.23 bits per heavy atom. The van der Waals surface area contributed by atoms with Crippen molar-refractivity contribution in [3.63, 3.8) is 0 Å². The molecule has 138 valence electrons. The van der Waals surface area contributed by atoms with Gasteiger partial charge in [0.1, 0.15) is 6.33 Å². The Kier molecular flexibility index (Phi) is 6.80. The van der Waals surface area contributed by atoms with E-state index in [4.69, 9.17) is 9.47 Å². The third-order valence-corrected chi connectivity index (χ3v) is 3.41. The van der Waals surface area contributed by atoms with Gasteiger partial charge in [-0.2, -0.15) is 0 Å². The maximum Gasteiger partial charge on any atom is 0.353 e. The molecule has 2 aromatic rings. The van der Waals surface area contributed by atoms with E-state index in [2.05, 4.69) is 20.6 Å². The molecule has 0 bridgehead atoms. The van der Waals surface area contributed by atoms with Gasteiger partial charge < -0.3 is 20.1 Å². The molecule has 10 nitrogen and oxygen atoms in total. The van der Waals surface area contributed by atoms with Gasteiger partial charge >= 0.3 is 11.7 Å². The van der Waals surface area contributed by atoms with Crippen LogP contribution < -0.4 is 10.6 Å². The van der Waals surface area contributed by atoms with Crippen LogP contribution in [0.1, 0.15) is 16.8 Å². The van der Waals surface area contributed by atoms with Crippen molar-refractivity contribution < 1.29 is 19.2 Å². The van der Waals surface area contributed by atoms with Crippen LogP contribution in [0.2, 0.25) is 0 Å². The molecule has 0 aliphatic heterocycles. The minimum absolute atomic E-state index is 0.0319. The van der Waals surface area contributed by atoms with Gasteiger partial charge in [0.2, 0.25) is 11.6 Å². The normalized spacial score (nSPS) is 10.2. The number of ether oxygens (including phenoxy) is 2. The van der Waals surface area contributed by atoms with Crippen LogP contribution in [0.4, 0.5) is 23.0 Å². The maximum absolute atomic E-state index is 11.9. The van der Waals surface area contributed by atoms with Gasteiger partial charge in [-0.1, -0.05) is 12.1 Å². The highest BCUT2D eigenvalue weighted by Crippen LogP contribution is 2.32. The summed E-state index contributed by atoms with van der Waals surface area (Å²) in [5.74, 6) is -0.516. The molecule has 0 saturated heterocycles. The Morgan fingerprint density at radius 3 is 2.65 bits per heavy atom. The summed E-state index contributed by atoms with van der Waals surface area (Å²) in [5, 5.41) is 17.2. The Morgan fingerprint density at radius 2 is 1.96 bits per heavy atom. The fraction of sp³-hybridized carbons (Fsp3) is 0.312. The van der Waals surface area contributed by atoms with Gasteiger partial charge in [0.05, 0.1) is 23.3 Å². The minimum Gasteiger partial charge on any atom is -0.465 e. The van der Waals surface area contributed by atoms with Crippen LogP contribution in [-0.4, -0.2) is 48.2 Å². The molecule has 0 atom stereocenters. The van der Waals surface area contributed by atoms with E-state index in [1.165, 1.54) is 13.4 Å². The Balaban J connectivity index is 2.32. The predicted octanol–water partition coefficient (Wildman–Crippen LogP) is 2.36. The fourth-order valence-electron chi connectivity index (χ4n) is 2.20. The highest BCUT2D eigenvalue weighted by atomic mass is 16.6. The third-order valence-electron chi connectivity index (χ3n) is 3.41. The number of para-hydroxylation sites is 1. The zero-order valence-electron chi connectivity index (χ0n) is 14.4. The second-order valence-electron chi connectivity index (χ2n) is 5.11. The molecule has 26 heavy (non-hydrogen) atoms. The number of benzene rings is 1. The maximum atomic E-state index is 11.9. The number of anilines is 3. The summed E-state index contributed by atoms with van der Waals surface area (Å²) in [6.07, 6.45) is 1.86. The van der Waals surface area contributed by atoms with Gasteiger partial charge in [-0.05, 0) is 18.6 Å². The van der Waals surface area contributed by atoms with Gasteiger partial charge in [-0.15, -0.1) is 0 Å². The lowest BCUT2D eigenvalue weighted by molar-refractivity contribution is -0.383. The van der Waals surface area contributed by atoms with Gasteiger partial charge in [-0.25, -0.2) is 14.8 Å². The molecule has 1 heterocycles. The number of carbonyl (C=O) groups excluding carboxylic acids is 1. The summed E-state index contributed by atoms with van der Waals surface area (Å²) in [5.41, 5.74) is 0.258. The average Bonchev–Trinajstić information content (AvgIpc) is 2.65. The van der Waals surface area contributed by atoms with Crippen molar-refractivity contribution in [1.82, 2.24) is 9.97 Å². The smallest absolute Gasteiger partial charge is 0.353 e. The summed E-state index contributed by atoms with van der Waals surface area (Å²) >= 11 is 0. The van der Waals surface area contributed by atoms with E-state index in [0.717, 1.165) is 0 Å². The molecule has 1 aromatic heterocycles. The summed E-state index contributed by atoms with van der Waals surface area (Å²) in [4.78, 5) is 30.7. The van der Waals surface area contributed by atoms with E-state index in [1.807, 2.05) is 0 Å².